The van der Waals surface area contributed by atoms with Gasteiger partial charge in [0.2, 0.25) is 0 Å². The summed E-state index contributed by atoms with van der Waals surface area (Å²) in [5.41, 5.74) is 1.00. The van der Waals surface area contributed by atoms with Gasteiger partial charge in [0.1, 0.15) is 17.3 Å². The molecule has 0 radical (unpaired) electrons. The van der Waals surface area contributed by atoms with Crippen LogP contribution in [0.3, 0.4) is 0 Å². The fourth-order valence-corrected chi connectivity index (χ4v) is 2.10. The molecule has 1 aromatic heterocycles. The van der Waals surface area contributed by atoms with E-state index in [1.54, 1.807) is 7.11 Å². The fourth-order valence-electron chi connectivity index (χ4n) is 1.70. The minimum absolute atomic E-state index is 0.205. The van der Waals surface area contributed by atoms with Gasteiger partial charge in [-0.3, -0.25) is 0 Å². The molecule has 2 rings (SSSR count). The van der Waals surface area contributed by atoms with E-state index in [4.69, 9.17) is 9.15 Å². The molecule has 4 heteroatoms. The monoisotopic (exact) mass is 309 g/mol. The van der Waals surface area contributed by atoms with Crippen LogP contribution in [-0.2, 0) is 0 Å². The lowest BCUT2D eigenvalue weighted by atomic mass is 10.1. The molecule has 1 N–H and O–H groups in total. The summed E-state index contributed by atoms with van der Waals surface area (Å²) in [5.74, 6) is 2.57. The molecule has 0 aliphatic carbocycles. The van der Waals surface area contributed by atoms with Crippen molar-refractivity contribution in [1.82, 2.24) is 5.32 Å². The van der Waals surface area contributed by atoms with Gasteiger partial charge in [-0.1, -0.05) is 0 Å². The first-order chi connectivity index (χ1) is 8.65. The van der Waals surface area contributed by atoms with Crippen LogP contribution in [-0.4, -0.2) is 14.2 Å². The second kappa shape index (κ2) is 5.59. The number of nitrogens with one attached hydrogen (secondary N) is 1. The van der Waals surface area contributed by atoms with E-state index in [0.717, 1.165) is 27.3 Å². The molecule has 0 bridgehead atoms. The van der Waals surface area contributed by atoms with Crippen molar-refractivity contribution in [3.8, 4) is 17.1 Å². The van der Waals surface area contributed by atoms with Crippen molar-refractivity contribution in [2.75, 3.05) is 14.2 Å². The third-order valence-corrected chi connectivity index (χ3v) is 3.58. The molecule has 0 saturated heterocycles. The Bertz CT molecular complexity index is 536. The molecule has 0 saturated carbocycles. The maximum atomic E-state index is 5.83. The van der Waals surface area contributed by atoms with Crippen LogP contribution in [0.15, 0.2) is 39.2 Å². The topological polar surface area (TPSA) is 34.4 Å². The summed E-state index contributed by atoms with van der Waals surface area (Å²) >= 11 is 3.44. The van der Waals surface area contributed by atoms with Gasteiger partial charge in [0.15, 0.2) is 0 Å². The molecule has 1 atom stereocenters. The number of methoxy groups -OCH3 is 1. The summed E-state index contributed by atoms with van der Waals surface area (Å²) in [6.07, 6.45) is 0. The predicted molar refractivity (Wildman–Crippen MR) is 75.9 cm³/mol. The van der Waals surface area contributed by atoms with Crippen molar-refractivity contribution in [3.05, 3.63) is 40.6 Å². The highest BCUT2D eigenvalue weighted by Crippen LogP contribution is 2.32. The van der Waals surface area contributed by atoms with E-state index in [0.29, 0.717) is 0 Å². The number of furan rings is 1. The van der Waals surface area contributed by atoms with Crippen LogP contribution < -0.4 is 10.1 Å². The SMILES string of the molecule is CNC(C)c1ccc(-c2ccc(Br)c(OC)c2)o1. The van der Waals surface area contributed by atoms with E-state index < -0.39 is 0 Å². The molecule has 0 aliphatic rings. The van der Waals surface area contributed by atoms with Crippen molar-refractivity contribution in [2.45, 2.75) is 13.0 Å². The van der Waals surface area contributed by atoms with Gasteiger partial charge in [0.05, 0.1) is 17.6 Å². The molecule has 2 aromatic rings. The minimum atomic E-state index is 0.205. The Kier molecular flexibility index (Phi) is 4.09. The maximum absolute atomic E-state index is 5.83. The number of rotatable bonds is 4. The summed E-state index contributed by atoms with van der Waals surface area (Å²) in [7, 11) is 3.57. The molecule has 0 aliphatic heterocycles. The van der Waals surface area contributed by atoms with Gasteiger partial charge in [-0.15, -0.1) is 0 Å². The lowest BCUT2D eigenvalue weighted by Crippen LogP contribution is -2.10. The van der Waals surface area contributed by atoms with Gasteiger partial charge in [-0.25, -0.2) is 0 Å². The van der Waals surface area contributed by atoms with Crippen LogP contribution in [0.5, 0.6) is 5.75 Å². The molecule has 18 heavy (non-hydrogen) atoms. The van der Waals surface area contributed by atoms with Gasteiger partial charge in [-0.05, 0) is 60.2 Å². The Balaban J connectivity index is 2.34. The summed E-state index contributed by atoms with van der Waals surface area (Å²) in [4.78, 5) is 0. The highest BCUT2D eigenvalue weighted by atomic mass is 79.9. The average Bonchev–Trinajstić information content (AvgIpc) is 2.88. The molecule has 3 nitrogen and oxygen atoms in total. The number of benzene rings is 1. The van der Waals surface area contributed by atoms with Crippen molar-refractivity contribution < 1.29 is 9.15 Å². The van der Waals surface area contributed by atoms with Crippen molar-refractivity contribution in [3.63, 3.8) is 0 Å². The third-order valence-electron chi connectivity index (χ3n) is 2.92. The van der Waals surface area contributed by atoms with Crippen LogP contribution in [0.25, 0.3) is 11.3 Å². The van der Waals surface area contributed by atoms with E-state index in [-0.39, 0.29) is 6.04 Å². The van der Waals surface area contributed by atoms with Crippen LogP contribution in [0.1, 0.15) is 18.7 Å². The van der Waals surface area contributed by atoms with Crippen LogP contribution >= 0.6 is 15.9 Å². The van der Waals surface area contributed by atoms with Crippen molar-refractivity contribution in [1.29, 1.82) is 0 Å². The largest absolute Gasteiger partial charge is 0.496 e. The zero-order valence-corrected chi connectivity index (χ0v) is 12.2. The molecule has 0 fully saturated rings. The van der Waals surface area contributed by atoms with Crippen LogP contribution in [0.4, 0.5) is 0 Å². The number of hydrogen-bond donors (Lipinski definition) is 1. The smallest absolute Gasteiger partial charge is 0.134 e. The maximum Gasteiger partial charge on any atom is 0.134 e. The second-order valence-electron chi connectivity index (χ2n) is 4.06. The lowest BCUT2D eigenvalue weighted by Gasteiger charge is -2.07. The van der Waals surface area contributed by atoms with E-state index >= 15 is 0 Å². The van der Waals surface area contributed by atoms with Gasteiger partial charge >= 0.3 is 0 Å². The Labute approximate surface area is 115 Å². The average molecular weight is 310 g/mol. The lowest BCUT2D eigenvalue weighted by molar-refractivity contribution is 0.412. The summed E-state index contributed by atoms with van der Waals surface area (Å²) < 4.78 is 12.0. The second-order valence-corrected chi connectivity index (χ2v) is 4.92. The highest BCUT2D eigenvalue weighted by Gasteiger charge is 2.11. The molecule has 0 amide bonds. The third kappa shape index (κ3) is 2.60. The molecule has 1 heterocycles. The first-order valence-electron chi connectivity index (χ1n) is 5.76. The van der Waals surface area contributed by atoms with Gasteiger partial charge < -0.3 is 14.5 Å². The first-order valence-corrected chi connectivity index (χ1v) is 6.56. The normalized spacial score (nSPS) is 12.4. The molecular formula is C14H16BrNO2. The highest BCUT2D eigenvalue weighted by molar-refractivity contribution is 9.10. The molecule has 96 valence electrons. The van der Waals surface area contributed by atoms with Crippen LogP contribution in [0.2, 0.25) is 0 Å². The quantitative estimate of drug-likeness (QED) is 0.927. The zero-order chi connectivity index (χ0) is 13.1. The van der Waals surface area contributed by atoms with E-state index in [1.807, 2.05) is 37.4 Å². The Hall–Kier alpha value is -1.26. The number of hydrogen-bond acceptors (Lipinski definition) is 3. The Morgan fingerprint density at radius 1 is 1.28 bits per heavy atom. The summed E-state index contributed by atoms with van der Waals surface area (Å²) in [6, 6.07) is 10.1. The van der Waals surface area contributed by atoms with E-state index in [1.165, 1.54) is 0 Å². The van der Waals surface area contributed by atoms with Gasteiger partial charge in [-0.2, -0.15) is 0 Å². The number of halogens is 1. The van der Waals surface area contributed by atoms with Gasteiger partial charge in [0, 0.05) is 5.56 Å². The predicted octanol–water partition coefficient (Wildman–Crippen LogP) is 4.00. The van der Waals surface area contributed by atoms with E-state index in [2.05, 4.69) is 28.2 Å². The fraction of sp³-hybridized carbons (Fsp3) is 0.286. The number of ether oxygens (including phenoxy) is 1. The standard InChI is InChI=1S/C14H16BrNO2/c1-9(16-2)12-6-7-13(18-12)10-4-5-11(15)14(8-10)17-3/h4-9,16H,1-3H3. The Morgan fingerprint density at radius 2 is 2.06 bits per heavy atom. The molecular weight excluding hydrogens is 294 g/mol. The zero-order valence-electron chi connectivity index (χ0n) is 10.7. The molecule has 1 aromatic carbocycles. The van der Waals surface area contributed by atoms with Crippen molar-refractivity contribution in [2.24, 2.45) is 0 Å². The Morgan fingerprint density at radius 3 is 2.72 bits per heavy atom. The van der Waals surface area contributed by atoms with Crippen molar-refractivity contribution >= 4 is 15.9 Å². The summed E-state index contributed by atoms with van der Waals surface area (Å²) in [5, 5.41) is 3.15. The molecule has 0 spiro atoms. The van der Waals surface area contributed by atoms with E-state index in [9.17, 15) is 0 Å². The van der Waals surface area contributed by atoms with Gasteiger partial charge in [0.25, 0.3) is 0 Å². The summed E-state index contributed by atoms with van der Waals surface area (Å²) in [6.45, 7) is 2.06. The minimum Gasteiger partial charge on any atom is -0.496 e. The molecule has 1 unspecified atom stereocenters. The first kappa shape index (κ1) is 13.2. The van der Waals surface area contributed by atoms with Crippen LogP contribution in [0, 0.1) is 0 Å².